The first-order valence-electron chi connectivity index (χ1n) is 11.0. The second-order valence-electron chi connectivity index (χ2n) is 8.59. The van der Waals surface area contributed by atoms with Gasteiger partial charge in [-0.1, -0.05) is 31.2 Å². The monoisotopic (exact) mass is 494 g/mol. The Bertz CT molecular complexity index is 1130. The first-order valence-corrected chi connectivity index (χ1v) is 12.4. The number of likely N-dealkylation sites (N-methyl/N-ethyl adjacent to an activating group) is 1. The van der Waals surface area contributed by atoms with Crippen LogP contribution in [0, 0.1) is 11.7 Å². The number of hydrogen-bond donors (Lipinski definition) is 1. The molecule has 0 saturated carbocycles. The van der Waals surface area contributed by atoms with E-state index in [1.807, 2.05) is 6.92 Å². The van der Waals surface area contributed by atoms with Crippen LogP contribution < -0.4 is 4.74 Å². The summed E-state index contributed by atoms with van der Waals surface area (Å²) in [5, 5.41) is 9.74. The molecule has 0 unspecified atom stereocenters. The fraction of sp³-hybridized carbons (Fsp3) is 0.458. The number of carbonyl (C=O) groups is 1. The zero-order valence-electron chi connectivity index (χ0n) is 19.8. The maximum Gasteiger partial charge on any atom is 0.248 e. The molecule has 1 heterocycles. The number of fused-ring (bicyclic) bond motifs is 1. The van der Waals surface area contributed by atoms with Crippen molar-refractivity contribution in [2.24, 2.45) is 5.92 Å². The summed E-state index contributed by atoms with van der Waals surface area (Å²) in [4.78, 5) is 13.7. The Morgan fingerprint density at radius 3 is 2.68 bits per heavy atom. The summed E-state index contributed by atoms with van der Waals surface area (Å²) in [6.45, 7) is 3.30. The molecule has 2 aromatic rings. The van der Waals surface area contributed by atoms with Gasteiger partial charge in [0, 0.05) is 38.2 Å². The van der Waals surface area contributed by atoms with Crippen LogP contribution in [0.25, 0.3) is 11.1 Å². The summed E-state index contributed by atoms with van der Waals surface area (Å²) in [6.07, 6.45) is -0.565. The lowest BCUT2D eigenvalue weighted by atomic mass is 10.0. The Kier molecular flexibility index (Phi) is 8.29. The molecule has 0 fully saturated rings. The van der Waals surface area contributed by atoms with E-state index in [0.29, 0.717) is 11.1 Å². The second-order valence-corrected chi connectivity index (χ2v) is 10.4. The Balaban J connectivity index is 2.11. The third kappa shape index (κ3) is 5.41. The SMILES string of the molecule is COCC(=O)N(C)C[C@H]1Oc2cc(-c3ccccc3F)ccc2S(=O)(=O)N([C@@H](C)CO)C[C@H]1C. The summed E-state index contributed by atoms with van der Waals surface area (Å²) >= 11 is 0. The topological polar surface area (TPSA) is 96.4 Å². The smallest absolute Gasteiger partial charge is 0.248 e. The molecule has 0 saturated heterocycles. The number of hydrogen-bond acceptors (Lipinski definition) is 6. The number of aliphatic hydroxyl groups excluding tert-OH is 1. The molecule has 0 spiro atoms. The van der Waals surface area contributed by atoms with E-state index in [1.54, 1.807) is 32.2 Å². The summed E-state index contributed by atoms with van der Waals surface area (Å²) in [6, 6.07) is 9.98. The molecular formula is C24H31FN2O6S. The molecule has 0 aromatic heterocycles. The zero-order valence-corrected chi connectivity index (χ0v) is 20.6. The van der Waals surface area contributed by atoms with Crippen LogP contribution in [-0.4, -0.2) is 81.2 Å². The van der Waals surface area contributed by atoms with Crippen molar-refractivity contribution in [2.75, 3.05) is 40.5 Å². The molecule has 10 heteroatoms. The quantitative estimate of drug-likeness (QED) is 0.635. The number of rotatable bonds is 7. The minimum atomic E-state index is -4.02. The van der Waals surface area contributed by atoms with Crippen molar-refractivity contribution in [3.05, 3.63) is 48.3 Å². The molecule has 0 bridgehead atoms. The predicted octanol–water partition coefficient (Wildman–Crippen LogP) is 2.37. The van der Waals surface area contributed by atoms with E-state index in [1.165, 1.54) is 40.6 Å². The van der Waals surface area contributed by atoms with Gasteiger partial charge in [-0.15, -0.1) is 0 Å². The highest BCUT2D eigenvalue weighted by molar-refractivity contribution is 7.89. The average Bonchev–Trinajstić information content (AvgIpc) is 2.81. The molecule has 0 aliphatic carbocycles. The fourth-order valence-electron chi connectivity index (χ4n) is 3.91. The standard InChI is InChI=1S/C24H31FN2O6S/c1-16-12-27(17(2)14-28)34(30,31)23-10-9-18(19-7-5-6-8-20(19)25)11-21(23)33-22(16)13-26(3)24(29)15-32-4/h5-11,16-17,22,28H,12-15H2,1-4H3/t16-,17+,22-/m1/s1. The second kappa shape index (κ2) is 10.8. The molecule has 1 N–H and O–H groups in total. The van der Waals surface area contributed by atoms with E-state index >= 15 is 0 Å². The first kappa shape index (κ1) is 26.1. The molecule has 3 rings (SSSR count). The highest BCUT2D eigenvalue weighted by Gasteiger charge is 2.38. The molecule has 1 amide bonds. The summed E-state index contributed by atoms with van der Waals surface area (Å²) in [7, 11) is -0.965. The van der Waals surface area contributed by atoms with Crippen LogP contribution in [0.15, 0.2) is 47.4 Å². The number of sulfonamides is 1. The van der Waals surface area contributed by atoms with Gasteiger partial charge in [0.05, 0.1) is 13.2 Å². The van der Waals surface area contributed by atoms with E-state index in [-0.39, 0.29) is 48.8 Å². The van der Waals surface area contributed by atoms with Gasteiger partial charge in [0.15, 0.2) is 0 Å². The predicted molar refractivity (Wildman–Crippen MR) is 125 cm³/mol. The lowest BCUT2D eigenvalue weighted by molar-refractivity contribution is -0.135. The van der Waals surface area contributed by atoms with Crippen molar-refractivity contribution in [1.82, 2.24) is 9.21 Å². The van der Waals surface area contributed by atoms with Gasteiger partial charge >= 0.3 is 0 Å². The number of aliphatic hydroxyl groups is 1. The lowest BCUT2D eigenvalue weighted by Crippen LogP contribution is -2.50. The van der Waals surface area contributed by atoms with E-state index in [0.717, 1.165) is 0 Å². The van der Waals surface area contributed by atoms with Gasteiger partial charge in [-0.3, -0.25) is 4.79 Å². The number of methoxy groups -OCH3 is 1. The number of benzene rings is 2. The van der Waals surface area contributed by atoms with Crippen molar-refractivity contribution in [2.45, 2.75) is 30.9 Å². The van der Waals surface area contributed by atoms with Gasteiger partial charge in [-0.25, -0.2) is 12.8 Å². The van der Waals surface area contributed by atoms with Gasteiger partial charge < -0.3 is 19.5 Å². The van der Waals surface area contributed by atoms with Crippen molar-refractivity contribution in [1.29, 1.82) is 0 Å². The Morgan fingerprint density at radius 1 is 1.32 bits per heavy atom. The van der Waals surface area contributed by atoms with Crippen molar-refractivity contribution >= 4 is 15.9 Å². The molecule has 8 nitrogen and oxygen atoms in total. The van der Waals surface area contributed by atoms with Crippen LogP contribution in [0.1, 0.15) is 13.8 Å². The molecule has 1 aliphatic heterocycles. The summed E-state index contributed by atoms with van der Waals surface area (Å²) in [5.41, 5.74) is 0.774. The number of amides is 1. The van der Waals surface area contributed by atoms with Crippen LogP contribution in [0.5, 0.6) is 5.75 Å². The number of carbonyl (C=O) groups excluding carboxylic acids is 1. The summed E-state index contributed by atoms with van der Waals surface area (Å²) < 4.78 is 53.9. The maximum absolute atomic E-state index is 14.4. The third-order valence-electron chi connectivity index (χ3n) is 6.00. The Labute approximate surface area is 199 Å². The Morgan fingerprint density at radius 2 is 2.03 bits per heavy atom. The van der Waals surface area contributed by atoms with E-state index in [2.05, 4.69) is 0 Å². The Hall–Kier alpha value is -2.53. The third-order valence-corrected chi connectivity index (χ3v) is 8.02. The van der Waals surface area contributed by atoms with E-state index in [4.69, 9.17) is 9.47 Å². The van der Waals surface area contributed by atoms with Gasteiger partial charge in [-0.2, -0.15) is 4.31 Å². The van der Waals surface area contributed by atoms with Crippen LogP contribution in [0.3, 0.4) is 0 Å². The highest BCUT2D eigenvalue weighted by atomic mass is 32.2. The van der Waals surface area contributed by atoms with Gasteiger partial charge in [0.1, 0.15) is 29.2 Å². The molecule has 3 atom stereocenters. The molecule has 0 radical (unpaired) electrons. The molecule has 2 aromatic carbocycles. The zero-order chi connectivity index (χ0) is 25.0. The maximum atomic E-state index is 14.4. The van der Waals surface area contributed by atoms with Crippen molar-refractivity contribution in [3.8, 4) is 16.9 Å². The van der Waals surface area contributed by atoms with Crippen LogP contribution in [0.4, 0.5) is 4.39 Å². The van der Waals surface area contributed by atoms with Crippen molar-refractivity contribution in [3.63, 3.8) is 0 Å². The van der Waals surface area contributed by atoms with Crippen LogP contribution >= 0.6 is 0 Å². The van der Waals surface area contributed by atoms with Gasteiger partial charge in [0.2, 0.25) is 15.9 Å². The number of ether oxygens (including phenoxy) is 2. The highest BCUT2D eigenvalue weighted by Crippen LogP contribution is 2.37. The first-order chi connectivity index (χ1) is 16.1. The minimum absolute atomic E-state index is 0.0695. The average molecular weight is 495 g/mol. The molecule has 1 aliphatic rings. The van der Waals surface area contributed by atoms with Crippen LogP contribution in [0.2, 0.25) is 0 Å². The lowest BCUT2D eigenvalue weighted by Gasteiger charge is -2.37. The van der Waals surface area contributed by atoms with Crippen LogP contribution in [-0.2, 0) is 19.6 Å². The van der Waals surface area contributed by atoms with Crippen molar-refractivity contribution < 1.29 is 32.2 Å². The molecule has 34 heavy (non-hydrogen) atoms. The fourth-order valence-corrected chi connectivity index (χ4v) is 5.74. The number of nitrogens with zero attached hydrogens (tertiary/aromatic N) is 2. The largest absolute Gasteiger partial charge is 0.487 e. The number of halogens is 1. The van der Waals surface area contributed by atoms with Gasteiger partial charge in [-0.05, 0) is 30.7 Å². The summed E-state index contributed by atoms with van der Waals surface area (Å²) in [5.74, 6) is -0.942. The normalized spacial score (nSPS) is 21.0. The van der Waals surface area contributed by atoms with E-state index < -0.39 is 28.0 Å². The molecular weight excluding hydrogens is 463 g/mol. The van der Waals surface area contributed by atoms with Gasteiger partial charge in [0.25, 0.3) is 0 Å². The van der Waals surface area contributed by atoms with E-state index in [9.17, 15) is 22.7 Å². The minimum Gasteiger partial charge on any atom is -0.487 e. The molecule has 186 valence electrons.